The normalized spacial score (nSPS) is 24.7. The van der Waals surface area contributed by atoms with Gasteiger partial charge in [-0.15, -0.1) is 5.10 Å². The fourth-order valence-electron chi connectivity index (χ4n) is 9.67. The molecule has 2 aromatic carbocycles. The maximum atomic E-state index is 17.3. The lowest BCUT2D eigenvalue weighted by Gasteiger charge is -2.39. The van der Waals surface area contributed by atoms with E-state index >= 15 is 4.39 Å². The summed E-state index contributed by atoms with van der Waals surface area (Å²) in [6, 6.07) is 11.5. The van der Waals surface area contributed by atoms with Crippen molar-refractivity contribution in [2.75, 3.05) is 32.8 Å². The van der Waals surface area contributed by atoms with Crippen molar-refractivity contribution < 1.29 is 18.7 Å². The second kappa shape index (κ2) is 13.8. The van der Waals surface area contributed by atoms with Gasteiger partial charge in [0.15, 0.2) is 5.82 Å². The molecule has 4 saturated heterocycles. The van der Waals surface area contributed by atoms with Gasteiger partial charge in [-0.3, -0.25) is 9.59 Å². The number of carbonyl (C=O) groups excluding carboxylic acids is 2. The number of carbonyl (C=O) groups is 2. The third-order valence-electron chi connectivity index (χ3n) is 12.6. The van der Waals surface area contributed by atoms with Crippen molar-refractivity contribution in [3.8, 4) is 17.2 Å². The van der Waals surface area contributed by atoms with Crippen molar-refractivity contribution in [2.45, 2.75) is 76.2 Å². The number of ether oxygens (including phenoxy) is 1. The van der Waals surface area contributed by atoms with Gasteiger partial charge in [-0.05, 0) is 68.7 Å². The van der Waals surface area contributed by atoms with Crippen LogP contribution >= 0.6 is 23.2 Å². The Morgan fingerprint density at radius 2 is 2.04 bits per heavy atom. The maximum absolute atomic E-state index is 17.3. The number of nitrogens with zero attached hydrogens (tertiary/aromatic N) is 8. The van der Waals surface area contributed by atoms with E-state index in [4.69, 9.17) is 32.9 Å². The van der Waals surface area contributed by atoms with Crippen LogP contribution in [0.4, 0.5) is 4.39 Å². The van der Waals surface area contributed by atoms with E-state index in [0.29, 0.717) is 83.5 Å². The number of amides is 2. The van der Waals surface area contributed by atoms with Gasteiger partial charge in [-0.1, -0.05) is 40.5 Å². The Hall–Kier alpha value is -4.61. The molecule has 2 bridgehead atoms. The summed E-state index contributed by atoms with van der Waals surface area (Å²) in [7, 11) is 0. The summed E-state index contributed by atoms with van der Waals surface area (Å²) in [6.45, 7) is 4.70. The van der Waals surface area contributed by atoms with E-state index in [0.717, 1.165) is 42.4 Å². The Labute approximate surface area is 332 Å². The number of hydrogen-bond donors (Lipinski definition) is 1. The Kier molecular flexibility index (Phi) is 8.81. The predicted octanol–water partition coefficient (Wildman–Crippen LogP) is 6.47. The first-order valence-corrected chi connectivity index (χ1v) is 20.2. The molecule has 288 valence electrons. The Balaban J connectivity index is 1.13. The Morgan fingerprint density at radius 1 is 1.18 bits per heavy atom. The summed E-state index contributed by atoms with van der Waals surface area (Å²) in [6.07, 6.45) is 5.83. The SMILES string of the molecule is Cc1nc2c(F)c(-c3cccc(Cl)c3Cl)c(CCC#N)cc2c2c1cc(C1CC(n3cc(CN4CCOCC4=O)nn3)CN1C(=O)C1CC1)n2C1C2CNC1C2. The number of fused-ring (bicyclic) bond motifs is 4. The van der Waals surface area contributed by atoms with Crippen LogP contribution in [0.1, 0.15) is 72.9 Å². The van der Waals surface area contributed by atoms with Gasteiger partial charge in [0.05, 0.1) is 59.1 Å². The summed E-state index contributed by atoms with van der Waals surface area (Å²) < 4.78 is 26.8. The van der Waals surface area contributed by atoms with Crippen molar-refractivity contribution in [2.24, 2.45) is 11.8 Å². The van der Waals surface area contributed by atoms with Crippen molar-refractivity contribution in [3.63, 3.8) is 0 Å². The molecule has 11 rings (SSSR count). The molecule has 0 spiro atoms. The van der Waals surface area contributed by atoms with Gasteiger partial charge in [-0.2, -0.15) is 5.26 Å². The molecule has 5 atom stereocenters. The van der Waals surface area contributed by atoms with Crippen LogP contribution in [0.15, 0.2) is 36.5 Å². The topological polar surface area (TPSA) is 134 Å². The van der Waals surface area contributed by atoms with Crippen LogP contribution in [-0.2, 0) is 27.3 Å². The van der Waals surface area contributed by atoms with E-state index in [-0.39, 0.29) is 65.5 Å². The van der Waals surface area contributed by atoms with E-state index in [2.05, 4.69) is 32.3 Å². The van der Waals surface area contributed by atoms with E-state index in [1.54, 1.807) is 23.1 Å². The average molecular weight is 797 g/mol. The molecule has 5 unspecified atom stereocenters. The Bertz CT molecular complexity index is 2480. The Morgan fingerprint density at radius 3 is 2.79 bits per heavy atom. The van der Waals surface area contributed by atoms with Gasteiger partial charge in [0.2, 0.25) is 11.8 Å². The van der Waals surface area contributed by atoms with Gasteiger partial charge in [0, 0.05) is 71.3 Å². The maximum Gasteiger partial charge on any atom is 0.249 e. The van der Waals surface area contributed by atoms with E-state index in [9.17, 15) is 14.9 Å². The third kappa shape index (κ3) is 5.79. The van der Waals surface area contributed by atoms with Crippen LogP contribution in [0, 0.1) is 35.9 Å². The van der Waals surface area contributed by atoms with Crippen LogP contribution in [0.2, 0.25) is 10.0 Å². The highest BCUT2D eigenvalue weighted by atomic mass is 35.5. The molecule has 4 aliphatic heterocycles. The van der Waals surface area contributed by atoms with Crippen LogP contribution < -0.4 is 5.32 Å². The molecule has 3 aromatic heterocycles. The molecule has 7 heterocycles. The number of likely N-dealkylation sites (tertiary alicyclic amines) is 1. The lowest BCUT2D eigenvalue weighted by molar-refractivity contribution is -0.143. The highest BCUT2D eigenvalue weighted by Crippen LogP contribution is 2.52. The molecule has 6 fully saturated rings. The molecular formula is C41H40Cl2FN9O3. The lowest BCUT2D eigenvalue weighted by atomic mass is 9.79. The van der Waals surface area contributed by atoms with E-state index in [1.165, 1.54) is 0 Å². The fourth-order valence-corrected chi connectivity index (χ4v) is 10.1. The van der Waals surface area contributed by atoms with Gasteiger partial charge >= 0.3 is 0 Å². The number of benzene rings is 2. The van der Waals surface area contributed by atoms with Crippen LogP contribution in [0.25, 0.3) is 32.9 Å². The minimum Gasteiger partial charge on any atom is -0.370 e. The summed E-state index contributed by atoms with van der Waals surface area (Å²) in [5, 5.41) is 24.5. The first-order chi connectivity index (χ1) is 27.2. The minimum atomic E-state index is -0.499. The standard InChI is InChI=1S/C41H40Cl2FN9O3/c1-21-28-15-33(32-14-26(19-51(32)41(55)22-7-8-22)52-18-25(48-49-52)17-50-10-11-56-20-34(50)54)53(39-24-13-31(39)46-16-24)40(28)29-12-23(4-3-9-45)35(37(44)38(29)47-21)27-5-2-6-30(42)36(27)43/h2,5-6,12,15,18,22,24,26,31-32,39,46H,3-4,7-8,10-11,13-14,16-17,19-20H2,1H3. The second-order valence-corrected chi connectivity index (χ2v) is 16.8. The summed E-state index contributed by atoms with van der Waals surface area (Å²) in [4.78, 5) is 35.3. The zero-order chi connectivity index (χ0) is 38.4. The van der Waals surface area contributed by atoms with Crippen molar-refractivity contribution in [1.29, 1.82) is 5.26 Å². The van der Waals surface area contributed by atoms with Crippen molar-refractivity contribution in [1.82, 2.24) is 39.7 Å². The van der Waals surface area contributed by atoms with Crippen LogP contribution in [0.5, 0.6) is 0 Å². The first kappa shape index (κ1) is 35.8. The zero-order valence-electron chi connectivity index (χ0n) is 30.8. The summed E-state index contributed by atoms with van der Waals surface area (Å²) in [5.41, 5.74) is 4.94. The molecule has 1 N–H and O–H groups in total. The smallest absolute Gasteiger partial charge is 0.249 e. The molecule has 5 aromatic rings. The fraction of sp³-hybridized carbons (Fsp3) is 0.463. The minimum absolute atomic E-state index is 0.00650. The molecule has 2 aliphatic carbocycles. The van der Waals surface area contributed by atoms with E-state index in [1.807, 2.05) is 28.8 Å². The first-order valence-electron chi connectivity index (χ1n) is 19.5. The zero-order valence-corrected chi connectivity index (χ0v) is 32.4. The summed E-state index contributed by atoms with van der Waals surface area (Å²) >= 11 is 13.1. The molecule has 2 saturated carbocycles. The number of rotatable bonds is 9. The third-order valence-corrected chi connectivity index (χ3v) is 13.4. The second-order valence-electron chi connectivity index (χ2n) is 16.0. The number of nitriles is 1. The number of pyridine rings is 1. The largest absolute Gasteiger partial charge is 0.370 e. The monoisotopic (exact) mass is 795 g/mol. The average Bonchev–Trinajstić information content (AvgIpc) is 3.67. The summed E-state index contributed by atoms with van der Waals surface area (Å²) in [5.74, 6) is -0.0290. The van der Waals surface area contributed by atoms with Crippen LogP contribution in [0.3, 0.4) is 0 Å². The molecule has 56 heavy (non-hydrogen) atoms. The molecule has 0 radical (unpaired) electrons. The molecular weight excluding hydrogens is 756 g/mol. The van der Waals surface area contributed by atoms with E-state index < -0.39 is 5.82 Å². The number of aromatic nitrogens is 5. The molecule has 2 amide bonds. The highest BCUT2D eigenvalue weighted by molar-refractivity contribution is 6.43. The van der Waals surface area contributed by atoms with Gasteiger partial charge in [0.25, 0.3) is 0 Å². The van der Waals surface area contributed by atoms with Crippen molar-refractivity contribution in [3.05, 3.63) is 75.0 Å². The predicted molar refractivity (Wildman–Crippen MR) is 207 cm³/mol. The van der Waals surface area contributed by atoms with Crippen LogP contribution in [-0.4, -0.2) is 85.0 Å². The lowest BCUT2D eigenvalue weighted by Crippen LogP contribution is -2.41. The quantitative estimate of drug-likeness (QED) is 0.179. The molecule has 12 nitrogen and oxygen atoms in total. The van der Waals surface area contributed by atoms with Crippen molar-refractivity contribution >= 4 is 56.8 Å². The number of aryl methyl sites for hydroxylation is 2. The number of morpholine rings is 1. The van der Waals surface area contributed by atoms with Gasteiger partial charge < -0.3 is 24.4 Å². The molecule has 6 aliphatic rings. The highest BCUT2D eigenvalue weighted by Gasteiger charge is 2.51. The van der Waals surface area contributed by atoms with Gasteiger partial charge in [-0.25, -0.2) is 14.1 Å². The number of nitrogens with one attached hydrogen (secondary N) is 1. The van der Waals surface area contributed by atoms with Gasteiger partial charge in [0.1, 0.15) is 17.8 Å². The number of hydrogen-bond acceptors (Lipinski definition) is 8. The molecule has 15 heteroatoms. The number of halogens is 3.